The molecule has 0 heterocycles. The van der Waals surface area contributed by atoms with E-state index in [0.717, 1.165) is 12.1 Å². The van der Waals surface area contributed by atoms with Gasteiger partial charge in [0.05, 0.1) is 52.4 Å². The van der Waals surface area contributed by atoms with Crippen molar-refractivity contribution in [3.63, 3.8) is 0 Å². The van der Waals surface area contributed by atoms with Crippen LogP contribution in [0.2, 0.25) is 0 Å². The van der Waals surface area contributed by atoms with E-state index in [0.29, 0.717) is 0 Å². The molecule has 136 valence electrons. The summed E-state index contributed by atoms with van der Waals surface area (Å²) in [5.41, 5.74) is 0. The Balaban J connectivity index is -0.000000266. The van der Waals surface area contributed by atoms with Crippen molar-refractivity contribution in [1.82, 2.24) is 0 Å². The maximum absolute atomic E-state index is 8.33. The van der Waals surface area contributed by atoms with Crippen molar-refractivity contribution in [2.45, 2.75) is 67.5 Å². The minimum absolute atomic E-state index is 0.764. The molecule has 0 aromatic carbocycles. The number of carbonyl (C=O) groups is 1. The van der Waals surface area contributed by atoms with Crippen molar-refractivity contribution in [2.75, 3.05) is 40.3 Å². The average Bonchev–Trinajstić information content (AvgIpc) is 2.45. The van der Waals surface area contributed by atoms with Crippen LogP contribution in [0, 0.1) is 0 Å². The van der Waals surface area contributed by atoms with E-state index in [1.165, 1.54) is 35.1 Å². The molecule has 5 nitrogen and oxygen atoms in total. The number of rotatable bonds is 6. The van der Waals surface area contributed by atoms with Gasteiger partial charge in [-0.3, -0.25) is 0 Å². The van der Waals surface area contributed by atoms with Crippen LogP contribution in [-0.4, -0.2) is 67.5 Å². The molecular formula is C17H40N2O3. The molecule has 0 aliphatic heterocycles. The zero-order valence-electron chi connectivity index (χ0n) is 16.6. The van der Waals surface area contributed by atoms with Gasteiger partial charge in [0.25, 0.3) is 0 Å². The van der Waals surface area contributed by atoms with Gasteiger partial charge in [0.15, 0.2) is 0 Å². The van der Waals surface area contributed by atoms with Crippen LogP contribution in [0.15, 0.2) is 0 Å². The highest BCUT2D eigenvalue weighted by molar-refractivity contribution is 5.47. The van der Waals surface area contributed by atoms with E-state index in [1.54, 1.807) is 0 Å². The Hall–Kier alpha value is -0.810. The summed E-state index contributed by atoms with van der Waals surface area (Å²) in [6.07, 6.45) is -2.33. The largest absolute Gasteiger partial charge is 0.652 e. The quantitative estimate of drug-likeness (QED) is 0.693. The van der Waals surface area contributed by atoms with Gasteiger partial charge in [-0.1, -0.05) is 0 Å². The maximum Gasteiger partial charge on any atom is 0.0831 e. The van der Waals surface area contributed by atoms with Crippen molar-refractivity contribution in [3.8, 4) is 0 Å². The molecule has 0 aromatic rings. The van der Waals surface area contributed by atoms with E-state index in [1.807, 2.05) is 0 Å². The standard InChI is InChI=1S/2C8H20N.CH2O3/c2*1-6-9(5,7-2)8(3)4;2-1(3)4/h2*8H,6-7H2,1-5H3;(H2,2,3,4)/q2*+1;/p-2. The number of carboxylic acid groups (broad SMARTS) is 2. The molecule has 0 spiro atoms. The van der Waals surface area contributed by atoms with E-state index in [4.69, 9.17) is 15.0 Å². The fourth-order valence-corrected chi connectivity index (χ4v) is 1.91. The molecule has 0 aliphatic carbocycles. The van der Waals surface area contributed by atoms with Crippen LogP contribution < -0.4 is 10.2 Å². The van der Waals surface area contributed by atoms with Gasteiger partial charge in [0.2, 0.25) is 0 Å². The van der Waals surface area contributed by atoms with E-state index >= 15 is 0 Å². The van der Waals surface area contributed by atoms with Gasteiger partial charge < -0.3 is 24.0 Å². The summed E-state index contributed by atoms with van der Waals surface area (Å²) in [6, 6.07) is 1.53. The summed E-state index contributed by atoms with van der Waals surface area (Å²) < 4.78 is 2.39. The Bertz CT molecular complexity index is 245. The van der Waals surface area contributed by atoms with Gasteiger partial charge in [-0.2, -0.15) is 0 Å². The minimum Gasteiger partial charge on any atom is -0.652 e. The monoisotopic (exact) mass is 320 g/mol. The fraction of sp³-hybridized carbons (Fsp3) is 0.941. The average molecular weight is 321 g/mol. The summed E-state index contributed by atoms with van der Waals surface area (Å²) >= 11 is 0. The lowest BCUT2D eigenvalue weighted by Gasteiger charge is -2.36. The lowest BCUT2D eigenvalue weighted by molar-refractivity contribution is -0.926. The number of hydrogen-bond acceptors (Lipinski definition) is 3. The molecule has 0 unspecified atom stereocenters. The maximum atomic E-state index is 8.33. The predicted octanol–water partition coefficient (Wildman–Crippen LogP) is 1.32. The van der Waals surface area contributed by atoms with E-state index in [-0.39, 0.29) is 0 Å². The van der Waals surface area contributed by atoms with Gasteiger partial charge in [-0.25, -0.2) is 0 Å². The third-order valence-electron chi connectivity index (χ3n) is 5.38. The summed E-state index contributed by atoms with van der Waals surface area (Å²) in [4.78, 5) is 8.33. The summed E-state index contributed by atoms with van der Waals surface area (Å²) in [5.74, 6) is 0. The second kappa shape index (κ2) is 12.7. The number of hydrogen-bond donors (Lipinski definition) is 0. The number of carbonyl (C=O) groups excluding carboxylic acids is 1. The number of nitrogens with zero attached hydrogens (tertiary/aromatic N) is 2. The SMILES string of the molecule is CC[N+](C)(CC)C(C)C.CC[N+](C)(CC)C(C)C.O=C([O-])[O-]. The van der Waals surface area contributed by atoms with Crippen molar-refractivity contribution >= 4 is 6.16 Å². The van der Waals surface area contributed by atoms with Crippen molar-refractivity contribution in [2.24, 2.45) is 0 Å². The molecule has 0 radical (unpaired) electrons. The predicted molar refractivity (Wildman–Crippen MR) is 90.2 cm³/mol. The lowest BCUT2D eigenvalue weighted by Crippen LogP contribution is -2.49. The summed E-state index contributed by atoms with van der Waals surface area (Å²) in [7, 11) is 4.62. The van der Waals surface area contributed by atoms with Gasteiger partial charge in [-0.15, -0.1) is 0 Å². The molecule has 0 N–H and O–H groups in total. The van der Waals surface area contributed by atoms with Crippen molar-refractivity contribution < 1.29 is 24.0 Å². The van der Waals surface area contributed by atoms with Crippen LogP contribution in [0.25, 0.3) is 0 Å². The molecule has 0 aromatic heterocycles. The molecule has 0 saturated heterocycles. The van der Waals surface area contributed by atoms with Crippen LogP contribution in [0.5, 0.6) is 0 Å². The fourth-order valence-electron chi connectivity index (χ4n) is 1.91. The van der Waals surface area contributed by atoms with E-state index < -0.39 is 6.16 Å². The first-order valence-electron chi connectivity index (χ1n) is 8.43. The van der Waals surface area contributed by atoms with Crippen LogP contribution in [0.3, 0.4) is 0 Å². The first-order valence-corrected chi connectivity index (χ1v) is 8.43. The number of quaternary nitrogens is 2. The molecule has 0 bridgehead atoms. The Morgan fingerprint density at radius 1 is 0.727 bits per heavy atom. The summed E-state index contributed by atoms with van der Waals surface area (Å²) in [5, 5.41) is 16.7. The Labute approximate surface area is 138 Å². The molecule has 0 aliphatic rings. The smallest absolute Gasteiger partial charge is 0.0831 e. The van der Waals surface area contributed by atoms with E-state index in [2.05, 4.69) is 69.5 Å². The Morgan fingerprint density at radius 3 is 0.864 bits per heavy atom. The van der Waals surface area contributed by atoms with Crippen LogP contribution in [0.4, 0.5) is 4.79 Å². The van der Waals surface area contributed by atoms with Crippen LogP contribution in [-0.2, 0) is 0 Å². The second-order valence-corrected chi connectivity index (χ2v) is 6.66. The zero-order valence-corrected chi connectivity index (χ0v) is 16.6. The molecule has 0 saturated carbocycles. The van der Waals surface area contributed by atoms with Crippen LogP contribution in [0.1, 0.15) is 55.4 Å². The van der Waals surface area contributed by atoms with Gasteiger partial charge in [-0.05, 0) is 61.5 Å². The minimum atomic E-state index is -2.33. The normalized spacial score (nSPS) is 11.5. The zero-order chi connectivity index (χ0) is 18.6. The third-order valence-corrected chi connectivity index (χ3v) is 5.38. The molecular weight excluding hydrogens is 280 g/mol. The lowest BCUT2D eigenvalue weighted by atomic mass is 10.2. The molecule has 0 atom stereocenters. The van der Waals surface area contributed by atoms with Gasteiger partial charge in [0, 0.05) is 0 Å². The van der Waals surface area contributed by atoms with Gasteiger partial charge >= 0.3 is 0 Å². The molecule has 0 amide bonds. The highest BCUT2D eigenvalue weighted by Gasteiger charge is 2.20. The van der Waals surface area contributed by atoms with E-state index in [9.17, 15) is 0 Å². The van der Waals surface area contributed by atoms with Crippen molar-refractivity contribution in [1.29, 1.82) is 0 Å². The molecule has 5 heteroatoms. The highest BCUT2D eigenvalue weighted by Crippen LogP contribution is 2.08. The first-order chi connectivity index (χ1) is 9.86. The highest BCUT2D eigenvalue weighted by atomic mass is 16.6. The van der Waals surface area contributed by atoms with Crippen molar-refractivity contribution in [3.05, 3.63) is 0 Å². The molecule has 0 fully saturated rings. The molecule has 22 heavy (non-hydrogen) atoms. The topological polar surface area (TPSA) is 63.2 Å². The van der Waals surface area contributed by atoms with Crippen LogP contribution >= 0.6 is 0 Å². The second-order valence-electron chi connectivity index (χ2n) is 6.66. The Morgan fingerprint density at radius 2 is 0.864 bits per heavy atom. The summed E-state index contributed by atoms with van der Waals surface area (Å²) in [6.45, 7) is 23.1. The first kappa shape index (κ1) is 26.1. The van der Waals surface area contributed by atoms with Gasteiger partial charge in [0.1, 0.15) is 0 Å². The molecule has 0 rings (SSSR count). The Kier molecular flexibility index (Phi) is 15.1. The third kappa shape index (κ3) is 11.8.